The van der Waals surface area contributed by atoms with Gasteiger partial charge in [0.1, 0.15) is 12.1 Å². The lowest BCUT2D eigenvalue weighted by Gasteiger charge is -2.06. The molecule has 2 heterocycles. The number of fused-ring (bicyclic) bond motifs is 1. The fourth-order valence-corrected chi connectivity index (χ4v) is 2.75. The molecule has 0 aliphatic heterocycles. The lowest BCUT2D eigenvalue weighted by atomic mass is 10.1. The molecule has 0 fully saturated rings. The van der Waals surface area contributed by atoms with Gasteiger partial charge in [0, 0.05) is 24.6 Å². The summed E-state index contributed by atoms with van der Waals surface area (Å²) in [5.41, 5.74) is 9.47. The van der Waals surface area contributed by atoms with Gasteiger partial charge in [0.2, 0.25) is 5.91 Å². The summed E-state index contributed by atoms with van der Waals surface area (Å²) in [6.07, 6.45) is 2.49. The smallest absolute Gasteiger partial charge is 0.224 e. The third kappa shape index (κ3) is 3.45. The Morgan fingerprint density at radius 2 is 2.12 bits per heavy atom. The van der Waals surface area contributed by atoms with Crippen molar-refractivity contribution in [1.82, 2.24) is 19.7 Å². The van der Waals surface area contributed by atoms with Gasteiger partial charge < -0.3 is 11.1 Å². The van der Waals surface area contributed by atoms with Gasteiger partial charge in [0.05, 0.1) is 11.1 Å². The molecule has 0 atom stereocenters. The first-order valence-corrected chi connectivity index (χ1v) is 8.36. The lowest BCUT2D eigenvalue weighted by Crippen LogP contribution is -2.09. The fourth-order valence-electron chi connectivity index (χ4n) is 2.75. The number of nitrogens with zero attached hydrogens (tertiary/aromatic N) is 4. The molecule has 0 radical (unpaired) electrons. The van der Waals surface area contributed by atoms with Crippen molar-refractivity contribution in [2.75, 3.05) is 11.1 Å². The van der Waals surface area contributed by atoms with E-state index < -0.39 is 0 Å². The topological polar surface area (TPSA) is 98.7 Å². The standard InChI is InChI=1S/C18H22N6O/c1-4-15(25)22-13-7-5-6-12(8-13)9-14-16-17(19)20-10-21-18(16)24(23-14)11(2)3/h5-8,10-11H,4,9H2,1-3H3,(H,22,25)(H2,19,20,21). The van der Waals surface area contributed by atoms with Crippen LogP contribution in [0, 0.1) is 0 Å². The number of rotatable bonds is 5. The van der Waals surface area contributed by atoms with Crippen LogP contribution in [0.25, 0.3) is 11.0 Å². The number of benzene rings is 1. The van der Waals surface area contributed by atoms with Crippen LogP contribution in [-0.2, 0) is 11.2 Å². The van der Waals surface area contributed by atoms with Gasteiger partial charge in [0.15, 0.2) is 5.65 Å². The molecule has 7 nitrogen and oxygen atoms in total. The van der Waals surface area contributed by atoms with Crippen LogP contribution in [0.1, 0.15) is 44.5 Å². The molecule has 130 valence electrons. The molecule has 7 heteroatoms. The minimum absolute atomic E-state index is 0.00988. The van der Waals surface area contributed by atoms with Gasteiger partial charge in [-0.1, -0.05) is 19.1 Å². The number of amides is 1. The summed E-state index contributed by atoms with van der Waals surface area (Å²) < 4.78 is 1.87. The summed E-state index contributed by atoms with van der Waals surface area (Å²) in [5.74, 6) is 0.423. The van der Waals surface area contributed by atoms with Crippen LogP contribution in [0.15, 0.2) is 30.6 Å². The summed E-state index contributed by atoms with van der Waals surface area (Å²) in [5, 5.41) is 8.37. The van der Waals surface area contributed by atoms with E-state index in [9.17, 15) is 4.79 Å². The molecule has 0 aliphatic carbocycles. The van der Waals surface area contributed by atoms with Gasteiger partial charge in [0.25, 0.3) is 0 Å². The minimum atomic E-state index is -0.00988. The van der Waals surface area contributed by atoms with E-state index in [1.807, 2.05) is 35.9 Å². The van der Waals surface area contributed by atoms with Crippen molar-refractivity contribution < 1.29 is 4.79 Å². The normalized spacial score (nSPS) is 11.2. The van der Waals surface area contributed by atoms with Crippen LogP contribution in [0.3, 0.4) is 0 Å². The number of aromatic nitrogens is 4. The fraction of sp³-hybridized carbons (Fsp3) is 0.333. The lowest BCUT2D eigenvalue weighted by molar-refractivity contribution is -0.115. The maximum Gasteiger partial charge on any atom is 0.224 e. The minimum Gasteiger partial charge on any atom is -0.383 e. The molecular formula is C18H22N6O. The second kappa shape index (κ2) is 6.88. The maximum absolute atomic E-state index is 11.6. The van der Waals surface area contributed by atoms with E-state index in [-0.39, 0.29) is 11.9 Å². The van der Waals surface area contributed by atoms with Crippen molar-refractivity contribution in [2.24, 2.45) is 0 Å². The van der Waals surface area contributed by atoms with E-state index in [0.717, 1.165) is 28.0 Å². The summed E-state index contributed by atoms with van der Waals surface area (Å²) in [6.45, 7) is 5.93. The highest BCUT2D eigenvalue weighted by Gasteiger charge is 2.17. The van der Waals surface area contributed by atoms with Crippen molar-refractivity contribution in [3.05, 3.63) is 41.9 Å². The average molecular weight is 338 g/mol. The third-order valence-corrected chi connectivity index (χ3v) is 3.98. The second-order valence-electron chi connectivity index (χ2n) is 6.22. The molecule has 3 rings (SSSR count). The number of carbonyl (C=O) groups is 1. The third-order valence-electron chi connectivity index (χ3n) is 3.98. The first kappa shape index (κ1) is 16.9. The van der Waals surface area contributed by atoms with E-state index in [4.69, 9.17) is 10.8 Å². The summed E-state index contributed by atoms with van der Waals surface area (Å²) >= 11 is 0. The summed E-state index contributed by atoms with van der Waals surface area (Å²) in [6, 6.07) is 7.91. The van der Waals surface area contributed by atoms with E-state index in [2.05, 4.69) is 29.1 Å². The Bertz CT molecular complexity index is 915. The van der Waals surface area contributed by atoms with Crippen molar-refractivity contribution in [1.29, 1.82) is 0 Å². The van der Waals surface area contributed by atoms with Crippen molar-refractivity contribution in [3.8, 4) is 0 Å². The van der Waals surface area contributed by atoms with Gasteiger partial charge >= 0.3 is 0 Å². The van der Waals surface area contributed by atoms with Crippen LogP contribution in [0.4, 0.5) is 11.5 Å². The van der Waals surface area contributed by atoms with Crippen LogP contribution in [0.2, 0.25) is 0 Å². The summed E-state index contributed by atoms with van der Waals surface area (Å²) in [7, 11) is 0. The maximum atomic E-state index is 11.6. The predicted octanol–water partition coefficient (Wildman–Crippen LogP) is 2.93. The number of nitrogens with two attached hydrogens (primary N) is 1. The predicted molar refractivity (Wildman–Crippen MR) is 98.3 cm³/mol. The number of hydrogen-bond acceptors (Lipinski definition) is 5. The molecule has 0 spiro atoms. The van der Waals surface area contributed by atoms with Crippen LogP contribution >= 0.6 is 0 Å². The summed E-state index contributed by atoms with van der Waals surface area (Å²) in [4.78, 5) is 20.0. The molecular weight excluding hydrogens is 316 g/mol. The largest absolute Gasteiger partial charge is 0.383 e. The molecule has 0 bridgehead atoms. The molecule has 0 saturated carbocycles. The molecule has 25 heavy (non-hydrogen) atoms. The Balaban J connectivity index is 1.98. The number of carbonyl (C=O) groups excluding carboxylic acids is 1. The van der Waals surface area contributed by atoms with Crippen LogP contribution in [-0.4, -0.2) is 25.7 Å². The number of nitrogens with one attached hydrogen (secondary N) is 1. The number of nitrogen functional groups attached to an aromatic ring is 1. The van der Waals surface area contributed by atoms with Gasteiger partial charge in [-0.3, -0.25) is 4.79 Å². The Labute approximate surface area is 146 Å². The average Bonchev–Trinajstić information content (AvgIpc) is 2.95. The molecule has 3 aromatic rings. The number of hydrogen-bond donors (Lipinski definition) is 2. The van der Waals surface area contributed by atoms with E-state index in [0.29, 0.717) is 18.7 Å². The molecule has 3 N–H and O–H groups in total. The molecule has 1 aromatic carbocycles. The Morgan fingerprint density at radius 1 is 1.32 bits per heavy atom. The van der Waals surface area contributed by atoms with E-state index in [1.54, 1.807) is 0 Å². The van der Waals surface area contributed by atoms with E-state index in [1.165, 1.54) is 6.33 Å². The molecule has 0 saturated heterocycles. The Hall–Kier alpha value is -2.96. The van der Waals surface area contributed by atoms with Crippen LogP contribution < -0.4 is 11.1 Å². The molecule has 1 amide bonds. The first-order valence-electron chi connectivity index (χ1n) is 8.36. The highest BCUT2D eigenvalue weighted by molar-refractivity contribution is 5.91. The first-order chi connectivity index (χ1) is 12.0. The quantitative estimate of drug-likeness (QED) is 0.745. The highest BCUT2D eigenvalue weighted by atomic mass is 16.1. The Morgan fingerprint density at radius 3 is 2.84 bits per heavy atom. The van der Waals surface area contributed by atoms with Crippen molar-refractivity contribution in [3.63, 3.8) is 0 Å². The Kier molecular flexibility index (Phi) is 4.65. The van der Waals surface area contributed by atoms with Crippen molar-refractivity contribution >= 4 is 28.4 Å². The van der Waals surface area contributed by atoms with Gasteiger partial charge in [-0.15, -0.1) is 0 Å². The molecule has 2 aromatic heterocycles. The zero-order valence-electron chi connectivity index (χ0n) is 14.7. The SMILES string of the molecule is CCC(=O)Nc1cccc(Cc2nn(C(C)C)c3ncnc(N)c23)c1. The van der Waals surface area contributed by atoms with Gasteiger partial charge in [-0.25, -0.2) is 14.6 Å². The zero-order valence-corrected chi connectivity index (χ0v) is 14.7. The highest BCUT2D eigenvalue weighted by Crippen LogP contribution is 2.26. The van der Waals surface area contributed by atoms with Crippen LogP contribution in [0.5, 0.6) is 0 Å². The van der Waals surface area contributed by atoms with Gasteiger partial charge in [-0.2, -0.15) is 5.10 Å². The van der Waals surface area contributed by atoms with E-state index >= 15 is 0 Å². The number of anilines is 2. The second-order valence-corrected chi connectivity index (χ2v) is 6.22. The molecule has 0 aliphatic rings. The zero-order chi connectivity index (χ0) is 18.0. The monoisotopic (exact) mass is 338 g/mol. The molecule has 0 unspecified atom stereocenters. The van der Waals surface area contributed by atoms with Crippen molar-refractivity contribution in [2.45, 2.75) is 39.7 Å². The van der Waals surface area contributed by atoms with Gasteiger partial charge in [-0.05, 0) is 31.5 Å².